The predicted molar refractivity (Wildman–Crippen MR) is 128 cm³/mol. The van der Waals surface area contributed by atoms with E-state index in [4.69, 9.17) is 15.2 Å². The number of nitrogens with one attached hydrogen (secondary N) is 1. The van der Waals surface area contributed by atoms with Gasteiger partial charge in [0.1, 0.15) is 11.5 Å². The molecule has 34 heavy (non-hydrogen) atoms. The molecule has 0 unspecified atom stereocenters. The van der Waals surface area contributed by atoms with Crippen LogP contribution in [0, 0.1) is 0 Å². The first-order valence-electron chi connectivity index (χ1n) is 10.8. The Labute approximate surface area is 196 Å². The Kier molecular flexibility index (Phi) is 5.50. The molecule has 3 heterocycles. The summed E-state index contributed by atoms with van der Waals surface area (Å²) in [5, 5.41) is 12.3. The number of carbonyl (C=O) groups is 1. The second-order valence-corrected chi connectivity index (χ2v) is 8.18. The van der Waals surface area contributed by atoms with Gasteiger partial charge in [0, 0.05) is 24.7 Å². The van der Waals surface area contributed by atoms with Crippen molar-refractivity contribution in [1.29, 1.82) is 0 Å². The van der Waals surface area contributed by atoms with Gasteiger partial charge in [0.05, 0.1) is 25.4 Å². The molecule has 1 amide bonds. The fourth-order valence-electron chi connectivity index (χ4n) is 4.32. The maximum Gasteiger partial charge on any atom is 0.273 e. The molecular formula is C24H25N7O3. The molecule has 2 aromatic heterocycles. The van der Waals surface area contributed by atoms with Crippen LogP contribution in [0.4, 0.5) is 11.6 Å². The van der Waals surface area contributed by atoms with E-state index >= 15 is 0 Å². The molecule has 174 valence electrons. The number of aromatic nitrogens is 4. The molecule has 0 radical (unpaired) electrons. The van der Waals surface area contributed by atoms with Crippen LogP contribution in [0.3, 0.4) is 0 Å². The standard InChI is InChI=1S/C24H25N7O3/c1-30-9-7-14-12-20(34-3)17(11-15(14)13-30)26-24-27-23(21(22(25)32)28-29-24)31-10-8-16-18(31)5-4-6-19(16)33-2/h4-6,8,10-12H,7,9,13H2,1-3H3,(H2,25,32)(H,26,27,29). The predicted octanol–water partition coefficient (Wildman–Crippen LogP) is 2.66. The average Bonchev–Trinajstić information content (AvgIpc) is 3.27. The van der Waals surface area contributed by atoms with E-state index in [9.17, 15) is 4.79 Å². The van der Waals surface area contributed by atoms with Crippen LogP contribution >= 0.6 is 0 Å². The van der Waals surface area contributed by atoms with E-state index in [-0.39, 0.29) is 17.5 Å². The van der Waals surface area contributed by atoms with Crippen LogP contribution in [-0.2, 0) is 13.0 Å². The second-order valence-electron chi connectivity index (χ2n) is 8.18. The first-order chi connectivity index (χ1) is 16.5. The summed E-state index contributed by atoms with van der Waals surface area (Å²) in [6, 6.07) is 11.6. The highest BCUT2D eigenvalue weighted by Gasteiger charge is 2.21. The van der Waals surface area contributed by atoms with Gasteiger partial charge in [-0.3, -0.25) is 9.36 Å². The van der Waals surface area contributed by atoms with Gasteiger partial charge in [0.2, 0.25) is 5.95 Å². The van der Waals surface area contributed by atoms with Crippen molar-refractivity contribution in [1.82, 2.24) is 24.6 Å². The lowest BCUT2D eigenvalue weighted by Crippen LogP contribution is -2.26. The number of nitrogens with zero attached hydrogens (tertiary/aromatic N) is 5. The van der Waals surface area contributed by atoms with E-state index in [1.54, 1.807) is 25.0 Å². The molecule has 2 aromatic carbocycles. The lowest BCUT2D eigenvalue weighted by Gasteiger charge is -2.26. The van der Waals surface area contributed by atoms with Crippen LogP contribution in [0.15, 0.2) is 42.6 Å². The van der Waals surface area contributed by atoms with Gasteiger partial charge >= 0.3 is 0 Å². The van der Waals surface area contributed by atoms with E-state index in [0.717, 1.165) is 36.1 Å². The van der Waals surface area contributed by atoms with Crippen LogP contribution in [0.1, 0.15) is 21.6 Å². The van der Waals surface area contributed by atoms with Gasteiger partial charge in [-0.2, -0.15) is 4.98 Å². The number of amides is 1. The molecule has 0 fully saturated rings. The Bertz CT molecular complexity index is 1400. The van der Waals surface area contributed by atoms with Gasteiger partial charge in [-0.25, -0.2) is 0 Å². The van der Waals surface area contributed by atoms with E-state index in [0.29, 0.717) is 11.5 Å². The summed E-state index contributed by atoms with van der Waals surface area (Å²) >= 11 is 0. The van der Waals surface area contributed by atoms with Crippen LogP contribution < -0.4 is 20.5 Å². The van der Waals surface area contributed by atoms with Crippen molar-refractivity contribution in [3.05, 3.63) is 59.4 Å². The molecule has 4 aromatic rings. The number of nitrogens with two attached hydrogens (primary N) is 1. The third-order valence-corrected chi connectivity index (χ3v) is 6.01. The SMILES string of the molecule is COc1cc2c(cc1Nc1nnc(C(N)=O)c(-n3ccc4c(OC)cccc43)n1)CN(C)CC2. The quantitative estimate of drug-likeness (QED) is 0.452. The molecule has 5 rings (SSSR count). The third-order valence-electron chi connectivity index (χ3n) is 6.01. The van der Waals surface area contributed by atoms with E-state index in [1.165, 1.54) is 11.1 Å². The highest BCUT2D eigenvalue weighted by atomic mass is 16.5. The topological polar surface area (TPSA) is 120 Å². The molecule has 0 saturated carbocycles. The van der Waals surface area contributed by atoms with Crippen LogP contribution in [-0.4, -0.2) is 58.4 Å². The summed E-state index contributed by atoms with van der Waals surface area (Å²) < 4.78 is 12.8. The molecule has 1 aliphatic heterocycles. The minimum Gasteiger partial charge on any atom is -0.496 e. The molecule has 0 spiro atoms. The molecule has 0 aliphatic carbocycles. The van der Waals surface area contributed by atoms with Gasteiger partial charge < -0.3 is 25.4 Å². The van der Waals surface area contributed by atoms with Crippen molar-refractivity contribution in [3.8, 4) is 17.3 Å². The van der Waals surface area contributed by atoms with Gasteiger partial charge in [-0.05, 0) is 54.9 Å². The molecule has 0 bridgehead atoms. The summed E-state index contributed by atoms with van der Waals surface area (Å²) in [6.07, 6.45) is 2.75. The minimum atomic E-state index is -0.722. The van der Waals surface area contributed by atoms with Gasteiger partial charge in [-0.15, -0.1) is 10.2 Å². The van der Waals surface area contributed by atoms with E-state index < -0.39 is 5.91 Å². The lowest BCUT2D eigenvalue weighted by molar-refractivity contribution is 0.0994. The molecule has 0 saturated heterocycles. The summed E-state index contributed by atoms with van der Waals surface area (Å²) in [6.45, 7) is 1.85. The summed E-state index contributed by atoms with van der Waals surface area (Å²) in [7, 11) is 5.33. The Morgan fingerprint density at radius 3 is 2.68 bits per heavy atom. The number of rotatable bonds is 6. The van der Waals surface area contributed by atoms with Crippen molar-refractivity contribution in [3.63, 3.8) is 0 Å². The number of hydrogen-bond acceptors (Lipinski definition) is 8. The van der Waals surface area contributed by atoms with Crippen LogP contribution in [0.25, 0.3) is 16.7 Å². The lowest BCUT2D eigenvalue weighted by atomic mass is 9.99. The zero-order chi connectivity index (χ0) is 23.8. The number of ether oxygens (including phenoxy) is 2. The van der Waals surface area contributed by atoms with Crippen molar-refractivity contribution in [2.45, 2.75) is 13.0 Å². The molecular weight excluding hydrogens is 434 g/mol. The highest BCUT2D eigenvalue weighted by molar-refractivity contribution is 5.95. The monoisotopic (exact) mass is 459 g/mol. The highest BCUT2D eigenvalue weighted by Crippen LogP contribution is 2.33. The van der Waals surface area contributed by atoms with E-state index in [2.05, 4.69) is 32.4 Å². The number of primary amides is 1. The molecule has 1 aliphatic rings. The number of hydrogen-bond donors (Lipinski definition) is 2. The Hall–Kier alpha value is -4.18. The van der Waals surface area contributed by atoms with Gasteiger partial charge in [0.25, 0.3) is 5.91 Å². The number of likely N-dealkylation sites (N-methyl/N-ethyl adjacent to an activating group) is 1. The Morgan fingerprint density at radius 1 is 1.09 bits per heavy atom. The maximum atomic E-state index is 12.1. The number of benzene rings is 2. The minimum absolute atomic E-state index is 0.0371. The smallest absolute Gasteiger partial charge is 0.273 e. The first-order valence-corrected chi connectivity index (χ1v) is 10.8. The molecule has 0 atom stereocenters. The van der Waals surface area contributed by atoms with Crippen LogP contribution in [0.5, 0.6) is 11.5 Å². The summed E-state index contributed by atoms with van der Waals surface area (Å²) in [5.41, 5.74) is 9.54. The summed E-state index contributed by atoms with van der Waals surface area (Å²) in [5.74, 6) is 1.15. The first kappa shape index (κ1) is 21.7. The van der Waals surface area contributed by atoms with Crippen molar-refractivity contribution < 1.29 is 14.3 Å². The van der Waals surface area contributed by atoms with Gasteiger partial charge in [0.15, 0.2) is 11.5 Å². The summed E-state index contributed by atoms with van der Waals surface area (Å²) in [4.78, 5) is 19.0. The second kappa shape index (κ2) is 8.64. The molecule has 10 heteroatoms. The van der Waals surface area contributed by atoms with E-state index in [1.807, 2.05) is 36.4 Å². The van der Waals surface area contributed by atoms with Crippen molar-refractivity contribution >= 4 is 28.4 Å². The van der Waals surface area contributed by atoms with Gasteiger partial charge in [-0.1, -0.05) is 6.07 Å². The average molecular weight is 460 g/mol. The number of anilines is 2. The normalized spacial score (nSPS) is 13.5. The van der Waals surface area contributed by atoms with Crippen molar-refractivity contribution in [2.24, 2.45) is 5.73 Å². The Morgan fingerprint density at radius 2 is 1.91 bits per heavy atom. The van der Waals surface area contributed by atoms with Crippen LogP contribution in [0.2, 0.25) is 0 Å². The van der Waals surface area contributed by atoms with Crippen molar-refractivity contribution in [2.75, 3.05) is 33.1 Å². The zero-order valence-electron chi connectivity index (χ0n) is 19.2. The molecule has 10 nitrogen and oxygen atoms in total. The number of fused-ring (bicyclic) bond motifs is 2. The zero-order valence-corrected chi connectivity index (χ0v) is 19.2. The number of methoxy groups -OCH3 is 2. The Balaban J connectivity index is 1.59. The number of carbonyl (C=O) groups excluding carboxylic acids is 1. The largest absolute Gasteiger partial charge is 0.496 e. The third kappa shape index (κ3) is 3.77. The fourth-order valence-corrected chi connectivity index (χ4v) is 4.32. The molecule has 3 N–H and O–H groups in total. The maximum absolute atomic E-state index is 12.1. The fraction of sp³-hybridized carbons (Fsp3) is 0.250.